The largest absolute Gasteiger partial charge is 0.494 e. The zero-order valence-corrected chi connectivity index (χ0v) is 12.8. The molecule has 1 aromatic rings. The van der Waals surface area contributed by atoms with Crippen molar-refractivity contribution in [1.29, 1.82) is 0 Å². The maximum absolute atomic E-state index is 12.0. The number of benzene rings is 1. The van der Waals surface area contributed by atoms with Gasteiger partial charge in [0.25, 0.3) is 0 Å². The zero-order chi connectivity index (χ0) is 14.6. The van der Waals surface area contributed by atoms with Crippen molar-refractivity contribution in [2.24, 2.45) is 0 Å². The van der Waals surface area contributed by atoms with E-state index in [4.69, 9.17) is 4.74 Å². The van der Waals surface area contributed by atoms with Gasteiger partial charge in [0.2, 0.25) is 0 Å². The van der Waals surface area contributed by atoms with E-state index < -0.39 is 0 Å². The second-order valence-corrected chi connectivity index (χ2v) is 5.03. The number of carbonyl (C=O) groups excluding carboxylic acids is 1. The van der Waals surface area contributed by atoms with Gasteiger partial charge in [0.05, 0.1) is 13.2 Å². The van der Waals surface area contributed by atoms with Crippen LogP contribution < -0.4 is 10.1 Å². The Morgan fingerprint density at radius 1 is 1.05 bits per heavy atom. The molecule has 0 atom stereocenters. The maximum Gasteiger partial charge on any atom is 0.176 e. The topological polar surface area (TPSA) is 38.3 Å². The van der Waals surface area contributed by atoms with Crippen molar-refractivity contribution in [3.63, 3.8) is 0 Å². The van der Waals surface area contributed by atoms with E-state index in [2.05, 4.69) is 19.2 Å². The minimum absolute atomic E-state index is 0.141. The van der Waals surface area contributed by atoms with Gasteiger partial charge in [0.15, 0.2) is 5.78 Å². The summed E-state index contributed by atoms with van der Waals surface area (Å²) in [7, 11) is 0. The van der Waals surface area contributed by atoms with Crippen LogP contribution in [0.15, 0.2) is 24.3 Å². The fourth-order valence-corrected chi connectivity index (χ4v) is 1.94. The van der Waals surface area contributed by atoms with Crippen LogP contribution in [0.2, 0.25) is 0 Å². The molecular formula is C17H27NO2. The lowest BCUT2D eigenvalue weighted by atomic mass is 10.1. The first-order valence-corrected chi connectivity index (χ1v) is 7.74. The molecule has 112 valence electrons. The highest BCUT2D eigenvalue weighted by Crippen LogP contribution is 2.12. The average molecular weight is 277 g/mol. The molecule has 0 fully saturated rings. The third-order valence-electron chi connectivity index (χ3n) is 3.14. The van der Waals surface area contributed by atoms with Crippen LogP contribution in [-0.4, -0.2) is 25.5 Å². The van der Waals surface area contributed by atoms with Gasteiger partial charge >= 0.3 is 0 Å². The van der Waals surface area contributed by atoms with Crippen molar-refractivity contribution in [3.05, 3.63) is 29.8 Å². The summed E-state index contributed by atoms with van der Waals surface area (Å²) in [5, 5.41) is 3.21. The summed E-state index contributed by atoms with van der Waals surface area (Å²) in [5.74, 6) is 0.971. The fourth-order valence-electron chi connectivity index (χ4n) is 1.94. The summed E-state index contributed by atoms with van der Waals surface area (Å²) in [5.41, 5.74) is 0.745. The Kier molecular flexibility index (Phi) is 8.72. The van der Waals surface area contributed by atoms with E-state index in [0.29, 0.717) is 13.2 Å². The molecule has 0 heterocycles. The minimum atomic E-state index is 0.141. The van der Waals surface area contributed by atoms with Gasteiger partial charge in [-0.25, -0.2) is 0 Å². The van der Waals surface area contributed by atoms with Crippen molar-refractivity contribution in [2.75, 3.05) is 19.7 Å². The fraction of sp³-hybridized carbons (Fsp3) is 0.588. The summed E-state index contributed by atoms with van der Waals surface area (Å²) in [6.45, 7) is 6.33. The first-order valence-electron chi connectivity index (χ1n) is 7.74. The molecule has 0 unspecified atom stereocenters. The van der Waals surface area contributed by atoms with E-state index in [1.54, 1.807) is 0 Å². The third kappa shape index (κ3) is 6.71. The molecular weight excluding hydrogens is 250 g/mol. The van der Waals surface area contributed by atoms with Crippen LogP contribution in [0.3, 0.4) is 0 Å². The van der Waals surface area contributed by atoms with Crippen LogP contribution in [0.1, 0.15) is 56.3 Å². The predicted octanol–water partition coefficient (Wildman–Crippen LogP) is 3.83. The number of rotatable bonds is 11. The van der Waals surface area contributed by atoms with Gasteiger partial charge in [-0.05, 0) is 43.7 Å². The first-order chi connectivity index (χ1) is 9.77. The third-order valence-corrected chi connectivity index (χ3v) is 3.14. The lowest BCUT2D eigenvalue weighted by Gasteiger charge is -2.06. The molecule has 0 amide bonds. The Hall–Kier alpha value is -1.35. The van der Waals surface area contributed by atoms with Gasteiger partial charge in [-0.1, -0.05) is 33.1 Å². The van der Waals surface area contributed by atoms with Crippen molar-refractivity contribution < 1.29 is 9.53 Å². The van der Waals surface area contributed by atoms with Gasteiger partial charge in [-0.3, -0.25) is 4.79 Å². The molecule has 20 heavy (non-hydrogen) atoms. The normalized spacial score (nSPS) is 10.5. The molecule has 0 aliphatic rings. The van der Waals surface area contributed by atoms with Crippen molar-refractivity contribution in [2.45, 2.75) is 46.0 Å². The van der Waals surface area contributed by atoms with Crippen molar-refractivity contribution >= 4 is 5.78 Å². The second kappa shape index (κ2) is 10.4. The molecule has 0 aromatic heterocycles. The highest BCUT2D eigenvalue weighted by Gasteiger charge is 2.05. The molecule has 0 aliphatic heterocycles. The summed E-state index contributed by atoms with van der Waals surface area (Å²) in [6, 6.07) is 7.41. The molecule has 0 bridgehead atoms. The van der Waals surface area contributed by atoms with Crippen molar-refractivity contribution in [3.8, 4) is 5.75 Å². The lowest BCUT2D eigenvalue weighted by Crippen LogP contribution is -2.24. The Bertz CT molecular complexity index is 373. The number of nitrogens with one attached hydrogen (secondary N) is 1. The molecule has 0 saturated carbocycles. The summed E-state index contributed by atoms with van der Waals surface area (Å²) in [4.78, 5) is 12.0. The summed E-state index contributed by atoms with van der Waals surface area (Å²) >= 11 is 0. The van der Waals surface area contributed by atoms with Gasteiger partial charge in [-0.2, -0.15) is 0 Å². The molecule has 1 rings (SSSR count). The average Bonchev–Trinajstić information content (AvgIpc) is 2.49. The highest BCUT2D eigenvalue weighted by molar-refractivity contribution is 5.97. The quantitative estimate of drug-likeness (QED) is 0.493. The molecule has 0 saturated heterocycles. The number of ether oxygens (including phenoxy) is 1. The van der Waals surface area contributed by atoms with E-state index >= 15 is 0 Å². The molecule has 0 aliphatic carbocycles. The zero-order valence-electron chi connectivity index (χ0n) is 12.8. The van der Waals surface area contributed by atoms with Crippen LogP contribution >= 0.6 is 0 Å². The van der Waals surface area contributed by atoms with Crippen LogP contribution in [0.4, 0.5) is 0 Å². The SMILES string of the molecule is CCCCCCNCC(=O)c1ccc(OCCC)cc1. The second-order valence-electron chi connectivity index (χ2n) is 5.03. The molecule has 1 aromatic carbocycles. The van der Waals surface area contributed by atoms with E-state index in [1.807, 2.05) is 24.3 Å². The molecule has 0 spiro atoms. The molecule has 0 radical (unpaired) electrons. The smallest absolute Gasteiger partial charge is 0.176 e. The van der Waals surface area contributed by atoms with Gasteiger partial charge in [-0.15, -0.1) is 0 Å². The van der Waals surface area contributed by atoms with Gasteiger partial charge < -0.3 is 10.1 Å². The summed E-state index contributed by atoms with van der Waals surface area (Å²) < 4.78 is 5.50. The van der Waals surface area contributed by atoms with E-state index in [0.717, 1.165) is 30.7 Å². The monoisotopic (exact) mass is 277 g/mol. The van der Waals surface area contributed by atoms with Crippen LogP contribution in [0.25, 0.3) is 0 Å². The summed E-state index contributed by atoms with van der Waals surface area (Å²) in [6.07, 6.45) is 5.88. The van der Waals surface area contributed by atoms with Crippen LogP contribution in [-0.2, 0) is 0 Å². The van der Waals surface area contributed by atoms with Crippen molar-refractivity contribution in [1.82, 2.24) is 5.32 Å². The number of carbonyl (C=O) groups is 1. The Morgan fingerprint density at radius 2 is 1.80 bits per heavy atom. The lowest BCUT2D eigenvalue weighted by molar-refractivity contribution is 0.0991. The van der Waals surface area contributed by atoms with E-state index in [1.165, 1.54) is 19.3 Å². The molecule has 3 heteroatoms. The van der Waals surface area contributed by atoms with Crippen LogP contribution in [0, 0.1) is 0 Å². The standard InChI is InChI=1S/C17H27NO2/c1-3-5-6-7-12-18-14-17(19)15-8-10-16(11-9-15)20-13-4-2/h8-11,18H,3-7,12-14H2,1-2H3. The van der Waals surface area contributed by atoms with E-state index in [9.17, 15) is 4.79 Å². The number of unbranched alkanes of at least 4 members (excludes halogenated alkanes) is 3. The molecule has 1 N–H and O–H groups in total. The van der Waals surface area contributed by atoms with Gasteiger partial charge in [0, 0.05) is 5.56 Å². The Labute approximate surface area is 122 Å². The maximum atomic E-state index is 12.0. The highest BCUT2D eigenvalue weighted by atomic mass is 16.5. The first kappa shape index (κ1) is 16.7. The number of Topliss-reactive ketones (excluding diaryl/α,β-unsaturated/α-hetero) is 1. The number of hydrogen-bond donors (Lipinski definition) is 1. The Morgan fingerprint density at radius 3 is 2.45 bits per heavy atom. The number of hydrogen-bond acceptors (Lipinski definition) is 3. The number of ketones is 1. The predicted molar refractivity (Wildman–Crippen MR) is 83.6 cm³/mol. The molecule has 3 nitrogen and oxygen atoms in total. The van der Waals surface area contributed by atoms with Crippen LogP contribution in [0.5, 0.6) is 5.75 Å². The Balaban J connectivity index is 2.25. The van der Waals surface area contributed by atoms with E-state index in [-0.39, 0.29) is 5.78 Å². The minimum Gasteiger partial charge on any atom is -0.494 e. The van der Waals surface area contributed by atoms with Gasteiger partial charge in [0.1, 0.15) is 5.75 Å².